The number of nitrogens with zero attached hydrogens (tertiary/aromatic N) is 2. The number of hydrogen-bond donors (Lipinski definition) is 2. The van der Waals surface area contributed by atoms with Crippen LogP contribution in [0, 0.1) is 18.3 Å². The fraction of sp³-hybridized carbons (Fsp3) is 0.571. The van der Waals surface area contributed by atoms with E-state index in [4.69, 9.17) is 11.1 Å². The zero-order valence-electron chi connectivity index (χ0n) is 12.0. The third kappa shape index (κ3) is 3.72. The van der Waals surface area contributed by atoms with Crippen LogP contribution in [-0.2, 0) is 0 Å². The second kappa shape index (κ2) is 5.85. The Morgan fingerprint density at radius 1 is 1.39 bits per heavy atom. The number of amidine groups is 1. The summed E-state index contributed by atoms with van der Waals surface area (Å²) < 4.78 is 0. The average molecular weight is 248 g/mol. The highest BCUT2D eigenvalue weighted by Gasteiger charge is 2.14. The largest absolute Gasteiger partial charge is 0.384 e. The molecule has 4 heteroatoms. The molecule has 0 aliphatic rings. The van der Waals surface area contributed by atoms with Crippen LogP contribution in [0.25, 0.3) is 0 Å². The summed E-state index contributed by atoms with van der Waals surface area (Å²) in [6, 6.07) is 4.14. The van der Waals surface area contributed by atoms with E-state index in [0.29, 0.717) is 12.0 Å². The summed E-state index contributed by atoms with van der Waals surface area (Å²) in [4.78, 5) is 6.67. The molecule has 0 saturated carbocycles. The van der Waals surface area contributed by atoms with Crippen LogP contribution in [0.5, 0.6) is 0 Å². The zero-order valence-corrected chi connectivity index (χ0v) is 12.0. The number of nitrogens with two attached hydrogens (primary N) is 1. The van der Waals surface area contributed by atoms with Gasteiger partial charge in [0.1, 0.15) is 11.7 Å². The normalized spacial score (nSPS) is 12.6. The van der Waals surface area contributed by atoms with Gasteiger partial charge in [-0.25, -0.2) is 4.98 Å². The van der Waals surface area contributed by atoms with Crippen LogP contribution in [0.15, 0.2) is 12.1 Å². The number of aromatic nitrogens is 1. The van der Waals surface area contributed by atoms with Crippen LogP contribution in [0.4, 0.5) is 5.82 Å². The van der Waals surface area contributed by atoms with Crippen LogP contribution in [0.3, 0.4) is 0 Å². The summed E-state index contributed by atoms with van der Waals surface area (Å²) in [5.74, 6) is 1.62. The standard InChI is InChI=1S/C14H24N4/c1-9(2)6-11(4)18(5)13-8-12(14(15)16)7-10(3)17-13/h7-9,11H,6H2,1-5H3,(H3,15,16). The van der Waals surface area contributed by atoms with E-state index in [2.05, 4.69) is 30.7 Å². The summed E-state index contributed by atoms with van der Waals surface area (Å²) in [6.07, 6.45) is 1.11. The van der Waals surface area contributed by atoms with E-state index in [1.54, 1.807) is 0 Å². The van der Waals surface area contributed by atoms with Crippen LogP contribution in [0.1, 0.15) is 38.4 Å². The van der Waals surface area contributed by atoms with Gasteiger partial charge in [0.05, 0.1) is 0 Å². The highest BCUT2D eigenvalue weighted by Crippen LogP contribution is 2.19. The maximum Gasteiger partial charge on any atom is 0.129 e. The minimum absolute atomic E-state index is 0.0895. The van der Waals surface area contributed by atoms with Crippen LogP contribution in [-0.4, -0.2) is 23.9 Å². The molecule has 0 amide bonds. The molecule has 1 unspecified atom stereocenters. The third-order valence-electron chi connectivity index (χ3n) is 3.09. The fourth-order valence-corrected chi connectivity index (χ4v) is 2.05. The van der Waals surface area contributed by atoms with Crippen molar-refractivity contribution in [3.63, 3.8) is 0 Å². The van der Waals surface area contributed by atoms with Crippen molar-refractivity contribution in [2.24, 2.45) is 11.7 Å². The molecule has 1 aromatic rings. The number of hydrogen-bond acceptors (Lipinski definition) is 3. The Labute approximate surface area is 110 Å². The molecule has 0 saturated heterocycles. The molecule has 3 N–H and O–H groups in total. The monoisotopic (exact) mass is 248 g/mol. The molecular weight excluding hydrogens is 224 g/mol. The average Bonchev–Trinajstić information content (AvgIpc) is 2.26. The summed E-state index contributed by atoms with van der Waals surface area (Å²) >= 11 is 0. The van der Waals surface area contributed by atoms with Gasteiger partial charge in [-0.3, -0.25) is 5.41 Å². The van der Waals surface area contributed by atoms with Crippen molar-refractivity contribution < 1.29 is 0 Å². The first-order chi connectivity index (χ1) is 8.31. The number of pyridine rings is 1. The van der Waals surface area contributed by atoms with Crippen LogP contribution in [0.2, 0.25) is 0 Å². The summed E-state index contributed by atoms with van der Waals surface area (Å²) in [6.45, 7) is 8.55. The molecule has 0 bridgehead atoms. The first kappa shape index (κ1) is 14.5. The molecule has 4 nitrogen and oxygen atoms in total. The highest BCUT2D eigenvalue weighted by molar-refractivity contribution is 5.95. The smallest absolute Gasteiger partial charge is 0.129 e. The quantitative estimate of drug-likeness (QED) is 0.621. The van der Waals surface area contributed by atoms with Crippen LogP contribution >= 0.6 is 0 Å². The van der Waals surface area contributed by atoms with Gasteiger partial charge in [-0.1, -0.05) is 13.8 Å². The number of nitrogens with one attached hydrogen (secondary N) is 1. The number of anilines is 1. The lowest BCUT2D eigenvalue weighted by Gasteiger charge is -2.28. The van der Waals surface area contributed by atoms with Gasteiger partial charge in [0.2, 0.25) is 0 Å². The maximum absolute atomic E-state index is 7.52. The highest BCUT2D eigenvalue weighted by atomic mass is 15.2. The molecule has 18 heavy (non-hydrogen) atoms. The molecule has 0 aliphatic carbocycles. The number of rotatable bonds is 5. The van der Waals surface area contributed by atoms with Crippen molar-refractivity contribution >= 4 is 11.7 Å². The molecular formula is C14H24N4. The van der Waals surface area contributed by atoms with Gasteiger partial charge in [-0.2, -0.15) is 0 Å². The first-order valence-electron chi connectivity index (χ1n) is 6.37. The lowest BCUT2D eigenvalue weighted by atomic mass is 10.0. The van der Waals surface area contributed by atoms with Crippen molar-refractivity contribution in [1.82, 2.24) is 4.98 Å². The van der Waals surface area contributed by atoms with Crippen LogP contribution < -0.4 is 10.6 Å². The minimum Gasteiger partial charge on any atom is -0.384 e. The number of aryl methyl sites for hydroxylation is 1. The molecule has 1 aromatic heterocycles. The summed E-state index contributed by atoms with van der Waals surface area (Å²) in [7, 11) is 2.04. The van der Waals surface area contributed by atoms with Gasteiger partial charge >= 0.3 is 0 Å². The lowest BCUT2D eigenvalue weighted by Crippen LogP contribution is -2.31. The molecule has 0 fully saturated rings. The topological polar surface area (TPSA) is 66.0 Å². The maximum atomic E-state index is 7.52. The van der Waals surface area contributed by atoms with Gasteiger partial charge in [0, 0.05) is 24.3 Å². The van der Waals surface area contributed by atoms with Gasteiger partial charge < -0.3 is 10.6 Å². The van der Waals surface area contributed by atoms with E-state index in [1.165, 1.54) is 0 Å². The molecule has 0 aromatic carbocycles. The molecule has 0 aliphatic heterocycles. The van der Waals surface area contributed by atoms with Crippen molar-refractivity contribution in [3.8, 4) is 0 Å². The predicted octanol–water partition coefficient (Wildman–Crippen LogP) is 2.54. The Balaban J connectivity index is 2.98. The van der Waals surface area contributed by atoms with E-state index in [9.17, 15) is 0 Å². The lowest BCUT2D eigenvalue weighted by molar-refractivity contribution is 0.502. The Morgan fingerprint density at radius 3 is 2.50 bits per heavy atom. The first-order valence-corrected chi connectivity index (χ1v) is 6.37. The molecule has 1 heterocycles. The number of nitrogen functional groups attached to an aromatic ring is 1. The molecule has 0 spiro atoms. The van der Waals surface area contributed by atoms with Crippen molar-refractivity contribution in [3.05, 3.63) is 23.4 Å². The van der Waals surface area contributed by atoms with E-state index >= 15 is 0 Å². The van der Waals surface area contributed by atoms with Gasteiger partial charge in [-0.15, -0.1) is 0 Å². The Morgan fingerprint density at radius 2 is 2.00 bits per heavy atom. The minimum atomic E-state index is 0.0895. The summed E-state index contributed by atoms with van der Waals surface area (Å²) in [5, 5.41) is 7.52. The van der Waals surface area contributed by atoms with E-state index in [1.807, 2.05) is 26.1 Å². The van der Waals surface area contributed by atoms with E-state index < -0.39 is 0 Å². The van der Waals surface area contributed by atoms with Gasteiger partial charge in [-0.05, 0) is 38.3 Å². The summed E-state index contributed by atoms with van der Waals surface area (Å²) in [5.41, 5.74) is 7.17. The fourth-order valence-electron chi connectivity index (χ4n) is 2.05. The van der Waals surface area contributed by atoms with Crippen molar-refractivity contribution in [2.45, 2.75) is 40.2 Å². The van der Waals surface area contributed by atoms with E-state index in [0.717, 1.165) is 23.5 Å². The SMILES string of the molecule is Cc1cc(C(=N)N)cc(N(C)C(C)CC(C)C)n1. The van der Waals surface area contributed by atoms with Crippen molar-refractivity contribution in [2.75, 3.05) is 11.9 Å². The second-order valence-electron chi connectivity index (χ2n) is 5.36. The predicted molar refractivity (Wildman–Crippen MR) is 77.3 cm³/mol. The Hall–Kier alpha value is -1.58. The Kier molecular flexibility index (Phi) is 4.70. The molecule has 0 radical (unpaired) electrons. The zero-order chi connectivity index (χ0) is 13.9. The second-order valence-corrected chi connectivity index (χ2v) is 5.36. The van der Waals surface area contributed by atoms with Crippen molar-refractivity contribution in [1.29, 1.82) is 5.41 Å². The van der Waals surface area contributed by atoms with Gasteiger partial charge in [0.15, 0.2) is 0 Å². The van der Waals surface area contributed by atoms with Gasteiger partial charge in [0.25, 0.3) is 0 Å². The Bertz CT molecular complexity index is 426. The molecule has 100 valence electrons. The molecule has 1 atom stereocenters. The van der Waals surface area contributed by atoms with E-state index in [-0.39, 0.29) is 5.84 Å². The molecule has 1 rings (SSSR count). The third-order valence-corrected chi connectivity index (χ3v) is 3.09.